The number of aryl methyl sites for hydroxylation is 3. The highest BCUT2D eigenvalue weighted by atomic mass is 32.2. The number of carboxylic acid groups (broad SMARTS) is 1. The second-order valence-corrected chi connectivity index (χ2v) is 7.63. The Balaban J connectivity index is 1.71. The molecule has 0 saturated heterocycles. The van der Waals surface area contributed by atoms with Gasteiger partial charge in [-0.2, -0.15) is 11.8 Å². The second kappa shape index (κ2) is 12.5. The number of hydrogen-bond acceptors (Lipinski definition) is 4. The molecule has 2 N–H and O–H groups in total. The van der Waals surface area contributed by atoms with Gasteiger partial charge in [-0.25, -0.2) is 4.57 Å². The topological polar surface area (TPSA) is 66.1 Å². The average Bonchev–Trinajstić information content (AvgIpc) is 2.68. The first-order valence-electron chi connectivity index (χ1n) is 9.51. The van der Waals surface area contributed by atoms with E-state index in [0.717, 1.165) is 44.5 Å². The van der Waals surface area contributed by atoms with Crippen LogP contribution < -0.4 is 9.88 Å². The first-order chi connectivity index (χ1) is 13.2. The predicted octanol–water partition coefficient (Wildman–Crippen LogP) is 2.73. The van der Waals surface area contributed by atoms with Gasteiger partial charge in [0.05, 0.1) is 0 Å². The molecular weight excluding hydrogens is 358 g/mol. The highest BCUT2D eigenvalue weighted by molar-refractivity contribution is 7.98. The summed E-state index contributed by atoms with van der Waals surface area (Å²) in [7, 11) is 0. The number of nitrogens with one attached hydrogen (secondary N) is 1. The minimum absolute atomic E-state index is 0.439. The van der Waals surface area contributed by atoms with Crippen LogP contribution in [0.4, 0.5) is 0 Å². The van der Waals surface area contributed by atoms with Gasteiger partial charge in [0.15, 0.2) is 12.4 Å². The molecule has 0 aliphatic carbocycles. The first kappa shape index (κ1) is 21.4. The van der Waals surface area contributed by atoms with Crippen LogP contribution in [0.1, 0.15) is 30.4 Å². The molecule has 0 aromatic carbocycles. The third kappa shape index (κ3) is 8.54. The number of aromatic nitrogens is 2. The summed E-state index contributed by atoms with van der Waals surface area (Å²) in [5, 5.41) is 12.4. The summed E-state index contributed by atoms with van der Waals surface area (Å²) in [5.74, 6) is 0.108. The maximum atomic E-state index is 11.2. The fourth-order valence-corrected chi connectivity index (χ4v) is 3.46. The fourth-order valence-electron chi connectivity index (χ4n) is 2.99. The molecule has 2 rings (SSSR count). The summed E-state index contributed by atoms with van der Waals surface area (Å²) < 4.78 is 2.23. The number of rotatable bonds is 13. The van der Waals surface area contributed by atoms with Crippen molar-refractivity contribution in [2.24, 2.45) is 0 Å². The van der Waals surface area contributed by atoms with Crippen molar-refractivity contribution in [1.82, 2.24) is 10.3 Å². The Morgan fingerprint density at radius 3 is 2.81 bits per heavy atom. The van der Waals surface area contributed by atoms with Crippen molar-refractivity contribution in [3.8, 4) is 0 Å². The number of pyridine rings is 2. The third-order valence-electron chi connectivity index (χ3n) is 4.47. The van der Waals surface area contributed by atoms with Crippen LogP contribution in [0.2, 0.25) is 0 Å². The molecule has 0 amide bonds. The van der Waals surface area contributed by atoms with Crippen LogP contribution in [-0.2, 0) is 24.2 Å². The van der Waals surface area contributed by atoms with Gasteiger partial charge in [0.2, 0.25) is 0 Å². The number of thioether (sulfide) groups is 1. The minimum atomic E-state index is -0.754. The predicted molar refractivity (Wildman–Crippen MR) is 110 cm³/mol. The van der Waals surface area contributed by atoms with Crippen LogP contribution in [0.15, 0.2) is 49.1 Å². The molecule has 2 aromatic heterocycles. The maximum Gasteiger partial charge on any atom is 0.320 e. The van der Waals surface area contributed by atoms with E-state index in [9.17, 15) is 9.90 Å². The van der Waals surface area contributed by atoms with Gasteiger partial charge < -0.3 is 10.4 Å². The van der Waals surface area contributed by atoms with E-state index in [4.69, 9.17) is 0 Å². The van der Waals surface area contributed by atoms with Crippen molar-refractivity contribution < 1.29 is 14.5 Å². The van der Waals surface area contributed by atoms with Gasteiger partial charge in [-0.3, -0.25) is 9.78 Å². The quantitative estimate of drug-likeness (QED) is 0.408. The summed E-state index contributed by atoms with van der Waals surface area (Å²) in [6, 6.07) is 7.88. The highest BCUT2D eigenvalue weighted by Gasteiger charge is 2.15. The number of nitrogens with zero attached hydrogens (tertiary/aromatic N) is 2. The van der Waals surface area contributed by atoms with E-state index in [1.165, 1.54) is 11.1 Å². The van der Waals surface area contributed by atoms with Crippen molar-refractivity contribution >= 4 is 17.7 Å². The Kier molecular flexibility index (Phi) is 9.87. The van der Waals surface area contributed by atoms with E-state index in [1.807, 2.05) is 18.5 Å². The van der Waals surface area contributed by atoms with Gasteiger partial charge in [-0.1, -0.05) is 6.07 Å². The fraction of sp³-hybridized carbons (Fsp3) is 0.476. The molecule has 6 heteroatoms. The average molecular weight is 389 g/mol. The summed E-state index contributed by atoms with van der Waals surface area (Å²) in [4.78, 5) is 15.4. The van der Waals surface area contributed by atoms with E-state index in [2.05, 4.69) is 45.5 Å². The molecule has 0 aliphatic heterocycles. The normalized spacial score (nSPS) is 12.0. The lowest BCUT2D eigenvalue weighted by Gasteiger charge is -2.13. The summed E-state index contributed by atoms with van der Waals surface area (Å²) in [5.41, 5.74) is 2.56. The molecule has 27 heavy (non-hydrogen) atoms. The molecule has 0 radical (unpaired) electrons. The van der Waals surface area contributed by atoms with Crippen molar-refractivity contribution in [3.05, 3.63) is 60.2 Å². The van der Waals surface area contributed by atoms with Gasteiger partial charge in [-0.05, 0) is 61.9 Å². The molecule has 2 aromatic rings. The number of carbonyl (C=O) groups is 1. The van der Waals surface area contributed by atoms with Crippen LogP contribution in [0.25, 0.3) is 0 Å². The lowest BCUT2D eigenvalue weighted by Crippen LogP contribution is -2.38. The van der Waals surface area contributed by atoms with Gasteiger partial charge in [0.1, 0.15) is 12.6 Å². The van der Waals surface area contributed by atoms with E-state index < -0.39 is 12.0 Å². The van der Waals surface area contributed by atoms with Crippen molar-refractivity contribution in [1.29, 1.82) is 0 Å². The van der Waals surface area contributed by atoms with Gasteiger partial charge in [0.25, 0.3) is 0 Å². The largest absolute Gasteiger partial charge is 0.480 e. The van der Waals surface area contributed by atoms with Gasteiger partial charge in [-0.15, -0.1) is 0 Å². The molecule has 1 atom stereocenters. The van der Waals surface area contributed by atoms with Crippen molar-refractivity contribution in [3.63, 3.8) is 0 Å². The Morgan fingerprint density at radius 2 is 2.07 bits per heavy atom. The lowest BCUT2D eigenvalue weighted by atomic mass is 10.1. The Morgan fingerprint density at radius 1 is 1.26 bits per heavy atom. The van der Waals surface area contributed by atoms with Crippen LogP contribution >= 0.6 is 11.8 Å². The molecule has 0 bridgehead atoms. The smallest absolute Gasteiger partial charge is 0.320 e. The Bertz CT molecular complexity index is 682. The maximum absolute atomic E-state index is 11.2. The highest BCUT2D eigenvalue weighted by Crippen LogP contribution is 2.04. The molecule has 0 fully saturated rings. The molecule has 0 aliphatic rings. The van der Waals surface area contributed by atoms with Gasteiger partial charge >= 0.3 is 5.97 Å². The Hall–Kier alpha value is -1.92. The molecule has 0 saturated carbocycles. The van der Waals surface area contributed by atoms with E-state index in [0.29, 0.717) is 6.42 Å². The van der Waals surface area contributed by atoms with E-state index >= 15 is 0 Å². The summed E-state index contributed by atoms with van der Waals surface area (Å²) in [6.45, 7) is 1.71. The monoisotopic (exact) mass is 388 g/mol. The lowest BCUT2D eigenvalue weighted by molar-refractivity contribution is -0.697. The summed E-state index contributed by atoms with van der Waals surface area (Å²) in [6.07, 6.45) is 14.7. The third-order valence-corrected chi connectivity index (χ3v) is 5.11. The molecule has 0 spiro atoms. The number of carboxylic acids is 1. The van der Waals surface area contributed by atoms with Crippen LogP contribution in [-0.4, -0.2) is 40.7 Å². The van der Waals surface area contributed by atoms with Crippen LogP contribution in [0.5, 0.6) is 0 Å². The minimum Gasteiger partial charge on any atom is -0.480 e. The number of aliphatic carboxylic acids is 1. The summed E-state index contributed by atoms with van der Waals surface area (Å²) >= 11 is 1.68. The van der Waals surface area contributed by atoms with E-state index in [-0.39, 0.29) is 0 Å². The standard InChI is InChI=1S/C21H29N3O2S/c1-27-15-10-20(21(25)26)23-12-3-7-19-9-5-14-24(17-19)13-4-8-18-6-2-11-22-16-18/h2,5-6,9,11,14,16-17,20,23H,3-4,7-8,10,12-13,15H2,1H3/p+1. The zero-order chi connectivity index (χ0) is 19.3. The number of hydrogen-bond donors (Lipinski definition) is 2. The zero-order valence-electron chi connectivity index (χ0n) is 16.0. The van der Waals surface area contributed by atoms with Crippen LogP contribution in [0.3, 0.4) is 0 Å². The molecule has 1 unspecified atom stereocenters. The van der Waals surface area contributed by atoms with Crippen LogP contribution in [0, 0.1) is 0 Å². The zero-order valence-corrected chi connectivity index (χ0v) is 16.8. The Labute approximate surface area is 166 Å². The second-order valence-electron chi connectivity index (χ2n) is 6.64. The van der Waals surface area contributed by atoms with Crippen molar-refractivity contribution in [2.75, 3.05) is 18.6 Å². The van der Waals surface area contributed by atoms with Gasteiger partial charge in [0, 0.05) is 30.4 Å². The molecule has 5 nitrogen and oxygen atoms in total. The first-order valence-corrected chi connectivity index (χ1v) is 10.9. The SMILES string of the molecule is CSCCC(NCCCc1ccc[n+](CCCc2cccnc2)c1)C(=O)O. The van der Waals surface area contributed by atoms with Crippen molar-refractivity contribution in [2.45, 2.75) is 44.7 Å². The van der Waals surface area contributed by atoms with E-state index in [1.54, 1.807) is 18.0 Å². The molecular formula is C21H30N3O2S+. The molecule has 146 valence electrons. The molecule has 2 heterocycles.